The van der Waals surface area contributed by atoms with Crippen LogP contribution in [0.4, 0.5) is 4.39 Å². The molecule has 0 aliphatic rings. The standard InChI is InChI=1S/C18H19FN2O4/c1-24-16-10-13(5-6-15(16)25-11-17(20)22)18(23)21-8-7-12-3-2-4-14(19)9-12/h2-6,9-10H,7-8,11H2,1H3,(H2,20,22)(H,21,23). The van der Waals surface area contributed by atoms with Gasteiger partial charge >= 0.3 is 0 Å². The van der Waals surface area contributed by atoms with Crippen molar-refractivity contribution in [3.8, 4) is 11.5 Å². The average Bonchev–Trinajstić information content (AvgIpc) is 2.59. The molecule has 0 spiro atoms. The highest BCUT2D eigenvalue weighted by molar-refractivity contribution is 5.94. The van der Waals surface area contributed by atoms with E-state index in [4.69, 9.17) is 15.2 Å². The van der Waals surface area contributed by atoms with Gasteiger partial charge in [0.05, 0.1) is 7.11 Å². The third-order valence-corrected chi connectivity index (χ3v) is 3.38. The third kappa shape index (κ3) is 5.49. The Labute approximate surface area is 144 Å². The van der Waals surface area contributed by atoms with Gasteiger partial charge in [0.1, 0.15) is 5.82 Å². The number of ether oxygens (including phenoxy) is 2. The van der Waals surface area contributed by atoms with Gasteiger partial charge in [0.15, 0.2) is 18.1 Å². The minimum atomic E-state index is -0.610. The average molecular weight is 346 g/mol. The molecule has 2 amide bonds. The van der Waals surface area contributed by atoms with E-state index in [-0.39, 0.29) is 18.3 Å². The molecule has 0 unspecified atom stereocenters. The van der Waals surface area contributed by atoms with E-state index in [0.29, 0.717) is 30.0 Å². The van der Waals surface area contributed by atoms with E-state index in [2.05, 4.69) is 5.32 Å². The van der Waals surface area contributed by atoms with E-state index >= 15 is 0 Å². The molecule has 0 saturated carbocycles. The van der Waals surface area contributed by atoms with Crippen LogP contribution in [0.25, 0.3) is 0 Å². The summed E-state index contributed by atoms with van der Waals surface area (Å²) in [6, 6.07) is 10.8. The molecule has 0 saturated heterocycles. The number of nitrogens with one attached hydrogen (secondary N) is 1. The number of benzene rings is 2. The third-order valence-electron chi connectivity index (χ3n) is 3.38. The van der Waals surface area contributed by atoms with Gasteiger partial charge in [-0.25, -0.2) is 4.39 Å². The van der Waals surface area contributed by atoms with Gasteiger partial charge < -0.3 is 20.5 Å². The summed E-state index contributed by atoms with van der Waals surface area (Å²) in [5.74, 6) is -0.575. The Bertz CT molecular complexity index is 764. The van der Waals surface area contributed by atoms with Crippen molar-refractivity contribution in [1.29, 1.82) is 0 Å². The molecule has 6 nitrogen and oxygen atoms in total. The summed E-state index contributed by atoms with van der Waals surface area (Å²) < 4.78 is 23.5. The Kier molecular flexibility index (Phi) is 6.33. The summed E-state index contributed by atoms with van der Waals surface area (Å²) >= 11 is 0. The zero-order chi connectivity index (χ0) is 18.2. The van der Waals surface area contributed by atoms with Crippen molar-refractivity contribution in [1.82, 2.24) is 5.32 Å². The second-order valence-electron chi connectivity index (χ2n) is 5.26. The summed E-state index contributed by atoms with van der Waals surface area (Å²) in [4.78, 5) is 23.0. The molecule has 7 heteroatoms. The van der Waals surface area contributed by atoms with E-state index in [1.54, 1.807) is 18.2 Å². The zero-order valence-corrected chi connectivity index (χ0v) is 13.8. The molecule has 3 N–H and O–H groups in total. The molecule has 25 heavy (non-hydrogen) atoms. The summed E-state index contributed by atoms with van der Waals surface area (Å²) in [7, 11) is 1.43. The Morgan fingerprint density at radius 1 is 1.16 bits per heavy atom. The number of hydrogen-bond acceptors (Lipinski definition) is 4. The second kappa shape index (κ2) is 8.68. The number of carbonyl (C=O) groups is 2. The smallest absolute Gasteiger partial charge is 0.255 e. The van der Waals surface area contributed by atoms with Gasteiger partial charge in [0, 0.05) is 12.1 Å². The van der Waals surface area contributed by atoms with Gasteiger partial charge in [0.2, 0.25) is 0 Å². The Morgan fingerprint density at radius 3 is 2.64 bits per heavy atom. The van der Waals surface area contributed by atoms with E-state index < -0.39 is 5.91 Å². The molecule has 0 aliphatic carbocycles. The van der Waals surface area contributed by atoms with Crippen molar-refractivity contribution >= 4 is 11.8 Å². The maximum Gasteiger partial charge on any atom is 0.255 e. The first kappa shape index (κ1) is 18.3. The molecule has 2 rings (SSSR count). The van der Waals surface area contributed by atoms with Crippen molar-refractivity contribution < 1.29 is 23.5 Å². The van der Waals surface area contributed by atoms with Crippen molar-refractivity contribution in [2.24, 2.45) is 5.73 Å². The zero-order valence-electron chi connectivity index (χ0n) is 13.8. The van der Waals surface area contributed by atoms with Crippen molar-refractivity contribution in [2.75, 3.05) is 20.3 Å². The molecule has 0 fully saturated rings. The summed E-state index contributed by atoms with van der Waals surface area (Å²) in [6.07, 6.45) is 0.514. The van der Waals surface area contributed by atoms with Gasteiger partial charge in [-0.05, 0) is 42.3 Å². The van der Waals surface area contributed by atoms with E-state index in [1.165, 1.54) is 31.4 Å². The fourth-order valence-corrected chi connectivity index (χ4v) is 2.19. The normalized spacial score (nSPS) is 10.2. The molecule has 0 radical (unpaired) electrons. The number of hydrogen-bond donors (Lipinski definition) is 2. The number of nitrogens with two attached hydrogens (primary N) is 1. The molecule has 0 aliphatic heterocycles. The van der Waals surface area contributed by atoms with Crippen LogP contribution in [-0.4, -0.2) is 32.1 Å². The predicted octanol–water partition coefficient (Wildman–Crippen LogP) is 1.67. The fraction of sp³-hybridized carbons (Fsp3) is 0.222. The van der Waals surface area contributed by atoms with Gasteiger partial charge in [-0.1, -0.05) is 12.1 Å². The molecule has 0 bridgehead atoms. The van der Waals surface area contributed by atoms with Crippen LogP contribution in [0.3, 0.4) is 0 Å². The highest BCUT2D eigenvalue weighted by Gasteiger charge is 2.11. The lowest BCUT2D eigenvalue weighted by atomic mass is 10.1. The van der Waals surface area contributed by atoms with E-state index in [9.17, 15) is 14.0 Å². The first-order chi connectivity index (χ1) is 12.0. The first-order valence-electron chi connectivity index (χ1n) is 7.61. The fourth-order valence-electron chi connectivity index (χ4n) is 2.19. The Balaban J connectivity index is 1.95. The topological polar surface area (TPSA) is 90.7 Å². The molecule has 2 aromatic rings. The van der Waals surface area contributed by atoms with Gasteiger partial charge in [-0.2, -0.15) is 0 Å². The second-order valence-corrected chi connectivity index (χ2v) is 5.26. The summed E-state index contributed by atoms with van der Waals surface area (Å²) in [5.41, 5.74) is 6.21. The van der Waals surface area contributed by atoms with Crippen molar-refractivity contribution in [2.45, 2.75) is 6.42 Å². The number of amides is 2. The van der Waals surface area contributed by atoms with Crippen LogP contribution < -0.4 is 20.5 Å². The maximum absolute atomic E-state index is 13.1. The van der Waals surface area contributed by atoms with Crippen LogP contribution in [0.5, 0.6) is 11.5 Å². The summed E-state index contributed by atoms with van der Waals surface area (Å²) in [5, 5.41) is 2.76. The number of rotatable bonds is 8. The van der Waals surface area contributed by atoms with Gasteiger partial charge in [0.25, 0.3) is 11.8 Å². The molecule has 0 aromatic heterocycles. The van der Waals surface area contributed by atoms with Crippen LogP contribution in [-0.2, 0) is 11.2 Å². The highest BCUT2D eigenvalue weighted by atomic mass is 19.1. The molecular formula is C18H19FN2O4. The SMILES string of the molecule is COc1cc(C(=O)NCCc2cccc(F)c2)ccc1OCC(N)=O. The van der Waals surface area contributed by atoms with Gasteiger partial charge in [-0.15, -0.1) is 0 Å². The quantitative estimate of drug-likeness (QED) is 0.761. The van der Waals surface area contributed by atoms with Crippen molar-refractivity contribution in [3.05, 3.63) is 59.4 Å². The van der Waals surface area contributed by atoms with E-state index in [1.807, 2.05) is 0 Å². The molecule has 0 heterocycles. The monoisotopic (exact) mass is 346 g/mol. The predicted molar refractivity (Wildman–Crippen MR) is 90.1 cm³/mol. The van der Waals surface area contributed by atoms with E-state index in [0.717, 1.165) is 5.56 Å². The van der Waals surface area contributed by atoms with Crippen LogP contribution in [0, 0.1) is 5.82 Å². The van der Waals surface area contributed by atoms with Crippen LogP contribution in [0.2, 0.25) is 0 Å². The van der Waals surface area contributed by atoms with Crippen molar-refractivity contribution in [3.63, 3.8) is 0 Å². The number of methoxy groups -OCH3 is 1. The molecular weight excluding hydrogens is 327 g/mol. The first-order valence-corrected chi connectivity index (χ1v) is 7.61. The number of halogens is 1. The lowest BCUT2D eigenvalue weighted by molar-refractivity contribution is -0.119. The molecule has 2 aromatic carbocycles. The minimum Gasteiger partial charge on any atom is -0.493 e. The van der Waals surface area contributed by atoms with Crippen LogP contribution in [0.15, 0.2) is 42.5 Å². The van der Waals surface area contributed by atoms with Gasteiger partial charge in [-0.3, -0.25) is 9.59 Å². The number of carbonyl (C=O) groups excluding carboxylic acids is 2. The minimum absolute atomic E-state index is 0.282. The van der Waals surface area contributed by atoms with Crippen LogP contribution >= 0.6 is 0 Å². The lowest BCUT2D eigenvalue weighted by Gasteiger charge is -2.11. The molecule has 0 atom stereocenters. The maximum atomic E-state index is 13.1. The highest BCUT2D eigenvalue weighted by Crippen LogP contribution is 2.28. The van der Waals surface area contributed by atoms with Crippen LogP contribution in [0.1, 0.15) is 15.9 Å². The lowest BCUT2D eigenvalue weighted by Crippen LogP contribution is -2.25. The number of primary amides is 1. The largest absolute Gasteiger partial charge is 0.493 e. The Hall–Kier alpha value is -3.09. The Morgan fingerprint density at radius 2 is 1.96 bits per heavy atom. The summed E-state index contributed by atoms with van der Waals surface area (Å²) in [6.45, 7) is 0.0834. The molecule has 132 valence electrons.